The first-order valence-corrected chi connectivity index (χ1v) is 16.2. The van der Waals surface area contributed by atoms with E-state index in [4.69, 9.17) is 9.16 Å². The van der Waals surface area contributed by atoms with Gasteiger partial charge >= 0.3 is 12.0 Å². The van der Waals surface area contributed by atoms with Crippen molar-refractivity contribution in [2.24, 2.45) is 0 Å². The van der Waals surface area contributed by atoms with E-state index in [0.29, 0.717) is 23.0 Å². The monoisotopic (exact) mass is 589 g/mol. The number of thiophene rings is 2. The van der Waals surface area contributed by atoms with Gasteiger partial charge in [-0.05, 0) is 58.4 Å². The third kappa shape index (κ3) is 6.08. The molecule has 0 bridgehead atoms. The highest BCUT2D eigenvalue weighted by molar-refractivity contribution is 7.25. The number of benzene rings is 3. The van der Waals surface area contributed by atoms with E-state index < -0.39 is 0 Å². The highest BCUT2D eigenvalue weighted by Crippen LogP contribution is 2.52. The number of carbonyl (C=O) groups is 1. The van der Waals surface area contributed by atoms with Crippen molar-refractivity contribution >= 4 is 46.9 Å². The maximum Gasteiger partial charge on any atom is 0.415 e. The molecular formula is C37H33O3S2+. The average Bonchev–Trinajstić information content (AvgIpc) is 3.65. The first-order valence-electron chi connectivity index (χ1n) is 14.5. The first-order chi connectivity index (χ1) is 20.7. The lowest BCUT2D eigenvalue weighted by molar-refractivity contribution is -0.367. The summed E-state index contributed by atoms with van der Waals surface area (Å²) in [6, 6.07) is 32.3. The van der Waals surface area contributed by atoms with Gasteiger partial charge in [-0.25, -0.2) is 4.42 Å². The largest absolute Gasteiger partial charge is 0.470 e. The van der Waals surface area contributed by atoms with E-state index in [2.05, 4.69) is 104 Å². The van der Waals surface area contributed by atoms with E-state index in [1.165, 1.54) is 63.3 Å². The fourth-order valence-corrected chi connectivity index (χ4v) is 7.62. The minimum absolute atomic E-state index is 0.375. The van der Waals surface area contributed by atoms with Crippen molar-refractivity contribution in [3.05, 3.63) is 118 Å². The number of unbranched alkanes of at least 4 members (excludes halogenated alkanes) is 3. The molecule has 0 saturated heterocycles. The van der Waals surface area contributed by atoms with Gasteiger partial charge in [-0.3, -0.25) is 4.79 Å². The van der Waals surface area contributed by atoms with Gasteiger partial charge in [0, 0.05) is 9.75 Å². The summed E-state index contributed by atoms with van der Waals surface area (Å²) < 4.78 is 11.7. The topological polar surface area (TPSA) is 37.6 Å². The Morgan fingerprint density at radius 2 is 1.57 bits per heavy atom. The van der Waals surface area contributed by atoms with Gasteiger partial charge in [-0.15, -0.1) is 22.7 Å². The van der Waals surface area contributed by atoms with Crippen LogP contribution in [0.15, 0.2) is 91.0 Å². The second-order valence-electron chi connectivity index (χ2n) is 10.4. The number of hydrogen-bond acceptors (Lipinski definition) is 4. The molecule has 5 aromatic rings. The molecule has 0 fully saturated rings. The van der Waals surface area contributed by atoms with Crippen LogP contribution in [0, 0.1) is 0 Å². The van der Waals surface area contributed by atoms with Crippen LogP contribution in [-0.2, 0) is 10.8 Å². The summed E-state index contributed by atoms with van der Waals surface area (Å²) in [7, 11) is 0. The van der Waals surface area contributed by atoms with Gasteiger partial charge in [0.15, 0.2) is 17.8 Å². The maximum atomic E-state index is 11.8. The van der Waals surface area contributed by atoms with E-state index in [9.17, 15) is 4.79 Å². The minimum Gasteiger partial charge on any atom is -0.470 e. The van der Waals surface area contributed by atoms with Gasteiger partial charge in [0.1, 0.15) is 0 Å². The van der Waals surface area contributed by atoms with Gasteiger partial charge in [0.05, 0.1) is 4.88 Å². The molecule has 3 aromatic carbocycles. The third-order valence-electron chi connectivity index (χ3n) is 7.44. The Morgan fingerprint density at radius 1 is 0.857 bits per heavy atom. The SMILES string of the molecule is CCCCCCc1cc(-c2sc(C=O)c3c2OCC=[O+]3)sc1-c1ccc(C=C(c2ccccc2)c2ccccc2)cc1. The molecule has 5 heteroatoms. The van der Waals surface area contributed by atoms with Crippen LogP contribution in [0.5, 0.6) is 11.5 Å². The Bertz CT molecular complexity index is 1670. The van der Waals surface area contributed by atoms with Crippen LogP contribution < -0.4 is 4.74 Å². The van der Waals surface area contributed by atoms with E-state index in [1.807, 2.05) is 0 Å². The van der Waals surface area contributed by atoms with Gasteiger partial charge in [-0.1, -0.05) is 111 Å². The van der Waals surface area contributed by atoms with Gasteiger partial charge in [-0.2, -0.15) is 0 Å². The summed E-state index contributed by atoms with van der Waals surface area (Å²) >= 11 is 3.22. The van der Waals surface area contributed by atoms with Crippen LogP contribution in [0.25, 0.3) is 31.8 Å². The van der Waals surface area contributed by atoms with Gasteiger partial charge in [0.2, 0.25) is 5.75 Å². The second kappa shape index (κ2) is 13.3. The number of carbonyl (C=O) groups excluding carboxylic acids is 2. The predicted molar refractivity (Wildman–Crippen MR) is 177 cm³/mol. The lowest BCUT2D eigenvalue weighted by atomic mass is 9.95. The van der Waals surface area contributed by atoms with Crippen LogP contribution in [0.2, 0.25) is 0 Å². The van der Waals surface area contributed by atoms with Gasteiger partial charge in [0.25, 0.3) is 0 Å². The highest BCUT2D eigenvalue weighted by Gasteiger charge is 2.32. The van der Waals surface area contributed by atoms with Crippen LogP contribution >= 0.6 is 22.7 Å². The van der Waals surface area contributed by atoms with Crippen LogP contribution in [-0.4, -0.2) is 19.2 Å². The molecule has 1 aliphatic rings. The molecule has 0 N–H and O–H groups in total. The molecule has 3 heterocycles. The second-order valence-corrected chi connectivity index (χ2v) is 12.5. The molecule has 1 aliphatic heterocycles. The molecule has 2 aromatic heterocycles. The molecule has 6 rings (SSSR count). The molecule has 0 saturated carbocycles. The first kappa shape index (κ1) is 28.1. The fourth-order valence-electron chi connectivity index (χ4n) is 5.31. The molecule has 0 atom stereocenters. The molecule has 0 aliphatic carbocycles. The lowest BCUT2D eigenvalue weighted by Crippen LogP contribution is -2.04. The summed E-state index contributed by atoms with van der Waals surface area (Å²) in [5.41, 5.74) is 7.31. The standard InChI is InChI=1S/C37H33O3S2/c1-2-3-4-7-16-30-24-32(37-35-34(33(25-38)42-37)39-21-22-40-35)41-36(30)29-19-17-26(18-20-29)23-31(27-12-8-5-9-13-27)28-14-10-6-11-15-28/h5-6,8-15,17-21,23-25H,2-4,7,16,22H2,1H3/q+1. The summed E-state index contributed by atoms with van der Waals surface area (Å²) in [5.74, 6) is 1.23. The zero-order chi connectivity index (χ0) is 28.7. The summed E-state index contributed by atoms with van der Waals surface area (Å²) in [5, 5.41) is 0. The summed E-state index contributed by atoms with van der Waals surface area (Å²) in [6.07, 6.45) is 10.6. The van der Waals surface area contributed by atoms with E-state index in [1.54, 1.807) is 17.6 Å². The van der Waals surface area contributed by atoms with Crippen molar-refractivity contribution in [2.45, 2.75) is 39.0 Å². The fraction of sp³-hybridized carbons (Fsp3) is 0.189. The van der Waals surface area contributed by atoms with E-state index >= 15 is 0 Å². The smallest absolute Gasteiger partial charge is 0.415 e. The maximum absolute atomic E-state index is 11.8. The minimum atomic E-state index is 0.375. The average molecular weight is 590 g/mol. The Labute approximate surface area is 255 Å². The van der Waals surface area contributed by atoms with Crippen molar-refractivity contribution in [3.63, 3.8) is 0 Å². The number of hydrogen-bond donors (Lipinski definition) is 0. The third-order valence-corrected chi connectivity index (χ3v) is 9.92. The van der Waals surface area contributed by atoms with Crippen LogP contribution in [0.4, 0.5) is 0 Å². The van der Waals surface area contributed by atoms with Crippen molar-refractivity contribution in [3.8, 4) is 31.7 Å². The lowest BCUT2D eigenvalue weighted by Gasteiger charge is -2.10. The Kier molecular flexibility index (Phi) is 8.88. The van der Waals surface area contributed by atoms with Crippen molar-refractivity contribution in [1.82, 2.24) is 0 Å². The molecule has 3 nitrogen and oxygen atoms in total. The molecule has 0 unspecified atom stereocenters. The summed E-state index contributed by atoms with van der Waals surface area (Å²) in [6.45, 7) is 2.62. The normalized spacial score (nSPS) is 12.0. The molecule has 0 radical (unpaired) electrons. The molecule has 42 heavy (non-hydrogen) atoms. The van der Waals surface area contributed by atoms with Crippen LogP contribution in [0.3, 0.4) is 0 Å². The zero-order valence-electron chi connectivity index (χ0n) is 23.7. The van der Waals surface area contributed by atoms with E-state index in [-0.39, 0.29) is 0 Å². The Balaban J connectivity index is 1.36. The summed E-state index contributed by atoms with van der Waals surface area (Å²) in [4.78, 5) is 15.7. The molecule has 210 valence electrons. The highest BCUT2D eigenvalue weighted by atomic mass is 32.1. The molecular weight excluding hydrogens is 557 g/mol. The number of ether oxygens (including phenoxy) is 1. The molecule has 0 amide bonds. The Morgan fingerprint density at radius 3 is 2.24 bits per heavy atom. The zero-order valence-corrected chi connectivity index (χ0v) is 25.3. The van der Waals surface area contributed by atoms with Crippen molar-refractivity contribution < 1.29 is 14.0 Å². The van der Waals surface area contributed by atoms with Crippen molar-refractivity contribution in [1.29, 1.82) is 0 Å². The van der Waals surface area contributed by atoms with Gasteiger partial charge < -0.3 is 4.74 Å². The van der Waals surface area contributed by atoms with Crippen molar-refractivity contribution in [2.75, 3.05) is 6.61 Å². The Hall–Kier alpha value is -4.06. The van der Waals surface area contributed by atoms with Crippen LogP contribution in [0.1, 0.15) is 64.5 Å². The predicted octanol–water partition coefficient (Wildman–Crippen LogP) is 10.5. The number of rotatable bonds is 11. The van der Waals surface area contributed by atoms with E-state index in [0.717, 1.165) is 34.4 Å². The number of fused-ring (bicyclic) bond motifs is 1. The quantitative estimate of drug-likeness (QED) is 0.0665. The number of aldehydes is 2. The number of aryl methyl sites for hydroxylation is 1. The molecule has 0 spiro atoms.